The number of aryl methyl sites for hydroxylation is 4. The van der Waals surface area contributed by atoms with Crippen LogP contribution in [0.1, 0.15) is 61.8 Å². The molecule has 0 N–H and O–H groups in total. The van der Waals surface area contributed by atoms with E-state index in [2.05, 4.69) is 38.1 Å². The second-order valence-electron chi connectivity index (χ2n) is 8.12. The number of halogens is 2. The van der Waals surface area contributed by atoms with Gasteiger partial charge in [-0.15, -0.1) is 0 Å². The average Bonchev–Trinajstić information content (AvgIpc) is 2.77. The van der Waals surface area contributed by atoms with Gasteiger partial charge in [0.25, 0.3) is 0 Å². The molecular weight excluding hydrogens is 374 g/mol. The summed E-state index contributed by atoms with van der Waals surface area (Å²) in [4.78, 5) is 0. The van der Waals surface area contributed by atoms with Gasteiger partial charge in [-0.2, -0.15) is 0 Å². The lowest BCUT2D eigenvalue weighted by atomic mass is 9.97. The molecule has 0 bridgehead atoms. The van der Waals surface area contributed by atoms with E-state index in [1.165, 1.54) is 24.0 Å². The molecule has 0 saturated heterocycles. The standard InChI is InChI=1S/C28H32F2/c1-3-5-6-8-22-13-16-24(17-14-22)26-20-19-25(27(29)28(26)30)18-15-23-11-9-21(7-4-2)10-12-23/h9-14,16-17,19-20H,3-8,15,18H2,1-2H3. The van der Waals surface area contributed by atoms with Gasteiger partial charge >= 0.3 is 0 Å². The molecular formula is C28H32F2. The van der Waals surface area contributed by atoms with E-state index in [1.54, 1.807) is 12.1 Å². The Hall–Kier alpha value is -2.48. The number of unbranched alkanes of at least 4 members (excludes halogenated alkanes) is 2. The Labute approximate surface area is 180 Å². The van der Waals surface area contributed by atoms with Crippen molar-refractivity contribution in [1.82, 2.24) is 0 Å². The number of hydrogen-bond donors (Lipinski definition) is 0. The zero-order chi connectivity index (χ0) is 21.3. The molecule has 0 nitrogen and oxygen atoms in total. The largest absolute Gasteiger partial charge is 0.203 e. The van der Waals surface area contributed by atoms with Crippen LogP contribution < -0.4 is 0 Å². The first kappa shape index (κ1) is 22.2. The molecule has 0 aliphatic rings. The lowest BCUT2D eigenvalue weighted by Crippen LogP contribution is -2.00. The van der Waals surface area contributed by atoms with Crippen LogP contribution >= 0.6 is 0 Å². The van der Waals surface area contributed by atoms with Crippen molar-refractivity contribution in [2.45, 2.75) is 65.2 Å². The molecule has 3 aromatic rings. The second kappa shape index (κ2) is 11.1. The van der Waals surface area contributed by atoms with Gasteiger partial charge in [-0.1, -0.05) is 93.8 Å². The molecule has 3 rings (SSSR count). The molecule has 0 heterocycles. The highest BCUT2D eigenvalue weighted by Crippen LogP contribution is 2.27. The Morgan fingerprint density at radius 3 is 1.77 bits per heavy atom. The van der Waals surface area contributed by atoms with Gasteiger partial charge in [-0.3, -0.25) is 0 Å². The van der Waals surface area contributed by atoms with Crippen molar-refractivity contribution in [3.8, 4) is 11.1 Å². The van der Waals surface area contributed by atoms with Gasteiger partial charge < -0.3 is 0 Å². The Bertz CT molecular complexity index is 924. The lowest BCUT2D eigenvalue weighted by molar-refractivity contribution is 0.501. The lowest BCUT2D eigenvalue weighted by Gasteiger charge is -2.10. The highest BCUT2D eigenvalue weighted by molar-refractivity contribution is 5.65. The first-order valence-corrected chi connectivity index (χ1v) is 11.3. The molecule has 2 heteroatoms. The van der Waals surface area contributed by atoms with E-state index in [9.17, 15) is 8.78 Å². The Balaban J connectivity index is 1.67. The van der Waals surface area contributed by atoms with Gasteiger partial charge in [0, 0.05) is 5.56 Å². The van der Waals surface area contributed by atoms with E-state index in [-0.39, 0.29) is 0 Å². The minimum absolute atomic E-state index is 0.334. The third-order valence-electron chi connectivity index (χ3n) is 5.74. The molecule has 158 valence electrons. The summed E-state index contributed by atoms with van der Waals surface area (Å²) in [6.45, 7) is 4.35. The Morgan fingerprint density at radius 1 is 0.533 bits per heavy atom. The minimum Gasteiger partial charge on any atom is -0.203 e. The van der Waals surface area contributed by atoms with Crippen molar-refractivity contribution in [1.29, 1.82) is 0 Å². The summed E-state index contributed by atoms with van der Waals surface area (Å²) in [5.41, 5.74) is 5.21. The molecule has 0 fully saturated rings. The zero-order valence-electron chi connectivity index (χ0n) is 18.2. The van der Waals surface area contributed by atoms with Gasteiger partial charge in [-0.25, -0.2) is 8.78 Å². The predicted molar refractivity (Wildman–Crippen MR) is 123 cm³/mol. The van der Waals surface area contributed by atoms with Crippen LogP contribution in [0, 0.1) is 11.6 Å². The van der Waals surface area contributed by atoms with Crippen LogP contribution in [-0.4, -0.2) is 0 Å². The van der Waals surface area contributed by atoms with Crippen molar-refractivity contribution in [2.75, 3.05) is 0 Å². The summed E-state index contributed by atoms with van der Waals surface area (Å²) >= 11 is 0. The van der Waals surface area contributed by atoms with E-state index in [1.807, 2.05) is 24.3 Å². The second-order valence-corrected chi connectivity index (χ2v) is 8.12. The first-order valence-electron chi connectivity index (χ1n) is 11.3. The predicted octanol–water partition coefficient (Wildman–Crippen LogP) is 8.10. The van der Waals surface area contributed by atoms with Crippen molar-refractivity contribution in [2.24, 2.45) is 0 Å². The van der Waals surface area contributed by atoms with Crippen LogP contribution in [0.5, 0.6) is 0 Å². The van der Waals surface area contributed by atoms with Crippen molar-refractivity contribution in [3.05, 3.63) is 94.6 Å². The molecule has 0 aromatic heterocycles. The third-order valence-corrected chi connectivity index (χ3v) is 5.74. The SMILES string of the molecule is CCCCCc1ccc(-c2ccc(CCc3ccc(CCC)cc3)c(F)c2F)cc1. The maximum absolute atomic E-state index is 14.8. The Kier molecular flexibility index (Phi) is 8.19. The monoisotopic (exact) mass is 406 g/mol. The topological polar surface area (TPSA) is 0 Å². The van der Waals surface area contributed by atoms with Gasteiger partial charge in [0.05, 0.1) is 0 Å². The van der Waals surface area contributed by atoms with Crippen LogP contribution in [0.15, 0.2) is 60.7 Å². The summed E-state index contributed by atoms with van der Waals surface area (Å²) in [5, 5.41) is 0. The minimum atomic E-state index is -0.746. The normalized spacial score (nSPS) is 11.1. The zero-order valence-corrected chi connectivity index (χ0v) is 18.2. The highest BCUT2D eigenvalue weighted by Gasteiger charge is 2.15. The fourth-order valence-electron chi connectivity index (χ4n) is 3.88. The van der Waals surface area contributed by atoms with Crippen LogP contribution in [0.4, 0.5) is 8.78 Å². The molecule has 0 atom stereocenters. The smallest absolute Gasteiger partial charge is 0.166 e. The summed E-state index contributed by atoms with van der Waals surface area (Å²) in [7, 11) is 0. The maximum Gasteiger partial charge on any atom is 0.166 e. The number of rotatable bonds is 10. The molecule has 0 spiro atoms. The van der Waals surface area contributed by atoms with E-state index in [0.29, 0.717) is 24.0 Å². The van der Waals surface area contributed by atoms with E-state index in [4.69, 9.17) is 0 Å². The highest BCUT2D eigenvalue weighted by atomic mass is 19.2. The number of benzene rings is 3. The fraction of sp³-hybridized carbons (Fsp3) is 0.357. The molecule has 0 aliphatic carbocycles. The summed E-state index contributed by atoms with van der Waals surface area (Å²) in [6, 6.07) is 19.7. The van der Waals surface area contributed by atoms with E-state index >= 15 is 0 Å². The van der Waals surface area contributed by atoms with Gasteiger partial charge in [0.2, 0.25) is 0 Å². The summed E-state index contributed by atoms with van der Waals surface area (Å²) in [6.07, 6.45) is 7.99. The summed E-state index contributed by atoms with van der Waals surface area (Å²) in [5.74, 6) is -1.47. The molecule has 3 aromatic carbocycles. The molecule has 0 amide bonds. The summed E-state index contributed by atoms with van der Waals surface area (Å²) < 4.78 is 29.5. The van der Waals surface area contributed by atoms with E-state index < -0.39 is 11.6 Å². The van der Waals surface area contributed by atoms with Crippen molar-refractivity contribution in [3.63, 3.8) is 0 Å². The van der Waals surface area contributed by atoms with Gasteiger partial charge in [0.1, 0.15) is 0 Å². The quantitative estimate of drug-likeness (QED) is 0.298. The van der Waals surface area contributed by atoms with Gasteiger partial charge in [-0.05, 0) is 59.9 Å². The van der Waals surface area contributed by atoms with Crippen LogP contribution in [0.25, 0.3) is 11.1 Å². The van der Waals surface area contributed by atoms with Crippen molar-refractivity contribution >= 4 is 0 Å². The maximum atomic E-state index is 14.8. The molecule has 0 saturated carbocycles. The third kappa shape index (κ3) is 5.78. The fourth-order valence-corrected chi connectivity index (χ4v) is 3.88. The van der Waals surface area contributed by atoms with E-state index in [0.717, 1.165) is 36.8 Å². The van der Waals surface area contributed by atoms with Crippen LogP contribution in [0.3, 0.4) is 0 Å². The first-order chi connectivity index (χ1) is 14.6. The molecule has 30 heavy (non-hydrogen) atoms. The Morgan fingerprint density at radius 2 is 1.13 bits per heavy atom. The van der Waals surface area contributed by atoms with Crippen molar-refractivity contribution < 1.29 is 8.78 Å². The average molecular weight is 407 g/mol. The number of hydrogen-bond acceptors (Lipinski definition) is 0. The van der Waals surface area contributed by atoms with Gasteiger partial charge in [0.15, 0.2) is 11.6 Å². The molecule has 0 radical (unpaired) electrons. The molecule has 0 unspecified atom stereocenters. The van der Waals surface area contributed by atoms with Crippen LogP contribution in [0.2, 0.25) is 0 Å². The molecule has 0 aliphatic heterocycles. The van der Waals surface area contributed by atoms with Crippen LogP contribution in [-0.2, 0) is 25.7 Å².